The Kier molecular flexibility index (Phi) is 6.58. The van der Waals surface area contributed by atoms with E-state index >= 15 is 0 Å². The number of carbonyl (C=O) groups excluding carboxylic acids is 1. The molecule has 0 fully saturated rings. The van der Waals surface area contributed by atoms with E-state index in [2.05, 4.69) is 12.0 Å². The maximum atomic E-state index is 11.4. The third-order valence-electron chi connectivity index (χ3n) is 2.17. The highest BCUT2D eigenvalue weighted by Gasteiger charge is 2.10. The van der Waals surface area contributed by atoms with Crippen LogP contribution >= 0.6 is 0 Å². The maximum absolute atomic E-state index is 11.4. The number of Topliss-reactive ketones (excluding diaryl/α,β-unsaturated/α-hetero) is 1. The Bertz CT molecular complexity index is 270. The van der Waals surface area contributed by atoms with Crippen LogP contribution in [-0.2, 0) is 4.79 Å². The Labute approximate surface area is 91.3 Å². The zero-order valence-electron chi connectivity index (χ0n) is 9.99. The Balaban J connectivity index is 4.35. The van der Waals surface area contributed by atoms with Gasteiger partial charge in [0.15, 0.2) is 11.8 Å². The number of azo groups is 1. The van der Waals surface area contributed by atoms with Crippen LogP contribution in [0.2, 0.25) is 0 Å². The van der Waals surface area contributed by atoms with Gasteiger partial charge in [0.25, 0.3) is 0 Å². The van der Waals surface area contributed by atoms with Gasteiger partial charge in [-0.15, -0.1) is 0 Å². The van der Waals surface area contributed by atoms with Gasteiger partial charge in [0.05, 0.1) is 0 Å². The minimum absolute atomic E-state index is 0.0998. The predicted octanol–water partition coefficient (Wildman–Crippen LogP) is 3.02. The van der Waals surface area contributed by atoms with Gasteiger partial charge >= 0.3 is 0 Å². The molecule has 15 heavy (non-hydrogen) atoms. The molecule has 0 aliphatic rings. The van der Waals surface area contributed by atoms with Crippen LogP contribution in [0.3, 0.4) is 0 Å². The van der Waals surface area contributed by atoms with Gasteiger partial charge in [0.2, 0.25) is 5.70 Å². The van der Waals surface area contributed by atoms with Crippen molar-refractivity contribution >= 4 is 5.78 Å². The molecular weight excluding hydrogens is 192 g/mol. The van der Waals surface area contributed by atoms with Crippen molar-refractivity contribution in [1.82, 2.24) is 0 Å². The van der Waals surface area contributed by atoms with Gasteiger partial charge in [-0.05, 0) is 37.9 Å². The normalized spacial score (nSPS) is 15.2. The number of hydrogen-bond donors (Lipinski definition) is 0. The average molecular weight is 212 g/mol. The molecule has 4 nitrogen and oxygen atoms in total. The van der Waals surface area contributed by atoms with E-state index in [1.807, 2.05) is 6.08 Å². The molecule has 0 aliphatic carbocycles. The molecule has 86 valence electrons. The molecule has 0 spiro atoms. The minimum Gasteiger partial charge on any atom is -0.594 e. The summed E-state index contributed by atoms with van der Waals surface area (Å²) in [5.41, 5.74) is 0.552. The summed E-state index contributed by atoms with van der Waals surface area (Å²) >= 11 is 0. The van der Waals surface area contributed by atoms with Gasteiger partial charge in [-0.2, -0.15) is 0 Å². The lowest BCUT2D eigenvalue weighted by atomic mass is 10.2. The molecule has 0 aromatic heterocycles. The quantitative estimate of drug-likeness (QED) is 0.294. The SMILES string of the molecule is CCCCC=C(C)[N+]([O-])=NC(C)C(C)=O. The fourth-order valence-corrected chi connectivity index (χ4v) is 0.923. The summed E-state index contributed by atoms with van der Waals surface area (Å²) in [4.78, 5) is 11.4. The largest absolute Gasteiger partial charge is 0.594 e. The molecule has 4 heteroatoms. The summed E-state index contributed by atoms with van der Waals surface area (Å²) in [6.07, 6.45) is 4.90. The molecule has 0 bridgehead atoms. The summed E-state index contributed by atoms with van der Waals surface area (Å²) in [7, 11) is 0. The summed E-state index contributed by atoms with van der Waals surface area (Å²) in [5, 5.41) is 15.1. The van der Waals surface area contributed by atoms with Crippen molar-refractivity contribution in [1.29, 1.82) is 0 Å². The third-order valence-corrected chi connectivity index (χ3v) is 2.17. The molecular formula is C11H20N2O2. The topological polar surface area (TPSA) is 55.5 Å². The standard InChI is InChI=1S/C11H20N2O2/c1-5-6-7-8-9(2)13(15)12-10(3)11(4)14/h8,10H,5-7H2,1-4H3. The molecule has 0 rings (SSSR count). The number of carbonyl (C=O) groups is 1. The highest BCUT2D eigenvalue weighted by atomic mass is 16.5. The zero-order valence-corrected chi connectivity index (χ0v) is 9.99. The maximum Gasteiger partial charge on any atom is 0.214 e. The number of hydrogen-bond acceptors (Lipinski definition) is 3. The van der Waals surface area contributed by atoms with Crippen molar-refractivity contribution in [2.75, 3.05) is 0 Å². The van der Waals surface area contributed by atoms with Gasteiger partial charge in [0, 0.05) is 6.92 Å². The molecule has 0 N–H and O–H groups in total. The highest BCUT2D eigenvalue weighted by Crippen LogP contribution is 2.03. The Morgan fingerprint density at radius 3 is 2.60 bits per heavy atom. The van der Waals surface area contributed by atoms with E-state index in [1.165, 1.54) is 6.92 Å². The van der Waals surface area contributed by atoms with Crippen LogP contribution in [0.5, 0.6) is 0 Å². The zero-order chi connectivity index (χ0) is 11.8. The molecule has 1 atom stereocenters. The number of unbranched alkanes of at least 4 members (excludes halogenated alkanes) is 2. The monoisotopic (exact) mass is 212 g/mol. The van der Waals surface area contributed by atoms with Gasteiger partial charge < -0.3 is 5.21 Å². The summed E-state index contributed by atoms with van der Waals surface area (Å²) < 4.78 is 0. The van der Waals surface area contributed by atoms with Crippen LogP contribution in [-0.4, -0.2) is 16.7 Å². The Morgan fingerprint density at radius 2 is 2.13 bits per heavy atom. The van der Waals surface area contributed by atoms with E-state index in [4.69, 9.17) is 0 Å². The van der Waals surface area contributed by atoms with Crippen molar-refractivity contribution < 1.29 is 9.66 Å². The molecule has 0 heterocycles. The minimum atomic E-state index is -0.558. The lowest BCUT2D eigenvalue weighted by molar-refractivity contribution is -0.481. The number of ketones is 1. The summed E-state index contributed by atoms with van der Waals surface area (Å²) in [5.74, 6) is -0.0998. The first-order valence-corrected chi connectivity index (χ1v) is 5.34. The first kappa shape index (κ1) is 13.8. The van der Waals surface area contributed by atoms with Crippen molar-refractivity contribution in [3.8, 4) is 0 Å². The number of rotatable bonds is 6. The number of nitrogens with zero attached hydrogens (tertiary/aromatic N) is 2. The lowest BCUT2D eigenvalue weighted by Gasteiger charge is -2.02. The van der Waals surface area contributed by atoms with E-state index < -0.39 is 6.04 Å². The van der Waals surface area contributed by atoms with E-state index in [9.17, 15) is 10.0 Å². The predicted molar refractivity (Wildman–Crippen MR) is 59.5 cm³/mol. The Morgan fingerprint density at radius 1 is 1.53 bits per heavy atom. The lowest BCUT2D eigenvalue weighted by Crippen LogP contribution is -2.13. The third kappa shape index (κ3) is 5.99. The first-order valence-electron chi connectivity index (χ1n) is 5.34. The van der Waals surface area contributed by atoms with E-state index in [0.717, 1.165) is 19.3 Å². The fraction of sp³-hybridized carbons (Fsp3) is 0.727. The van der Waals surface area contributed by atoms with Crippen LogP contribution in [0.15, 0.2) is 16.9 Å². The average Bonchev–Trinajstić information content (AvgIpc) is 2.17. The van der Waals surface area contributed by atoms with Gasteiger partial charge in [-0.25, -0.2) is 0 Å². The second-order valence-corrected chi connectivity index (χ2v) is 3.66. The molecule has 0 aliphatic heterocycles. The van der Waals surface area contributed by atoms with Crippen molar-refractivity contribution in [3.05, 3.63) is 17.0 Å². The van der Waals surface area contributed by atoms with Crippen molar-refractivity contribution in [2.45, 2.75) is 53.0 Å². The summed E-state index contributed by atoms with van der Waals surface area (Å²) in [6.45, 7) is 6.85. The molecule has 0 aromatic rings. The van der Waals surface area contributed by atoms with Crippen LogP contribution in [0, 0.1) is 5.21 Å². The van der Waals surface area contributed by atoms with Gasteiger partial charge in [-0.1, -0.05) is 18.2 Å². The Hall–Kier alpha value is -1.19. The van der Waals surface area contributed by atoms with Crippen LogP contribution in [0.4, 0.5) is 0 Å². The molecule has 0 saturated carbocycles. The van der Waals surface area contributed by atoms with Gasteiger partial charge in [-0.3, -0.25) is 4.79 Å². The molecule has 0 radical (unpaired) electrons. The molecule has 0 saturated heterocycles. The highest BCUT2D eigenvalue weighted by molar-refractivity contribution is 5.80. The van der Waals surface area contributed by atoms with Crippen LogP contribution < -0.4 is 0 Å². The first-order chi connectivity index (χ1) is 6.99. The fourth-order valence-electron chi connectivity index (χ4n) is 0.923. The molecule has 0 amide bonds. The van der Waals surface area contributed by atoms with Gasteiger partial charge in [0.1, 0.15) is 0 Å². The van der Waals surface area contributed by atoms with Crippen molar-refractivity contribution in [3.63, 3.8) is 0 Å². The van der Waals surface area contributed by atoms with E-state index in [0.29, 0.717) is 10.6 Å². The second kappa shape index (κ2) is 7.15. The van der Waals surface area contributed by atoms with E-state index in [-0.39, 0.29) is 5.78 Å². The second-order valence-electron chi connectivity index (χ2n) is 3.66. The number of allylic oxidation sites excluding steroid dienone is 2. The smallest absolute Gasteiger partial charge is 0.214 e. The summed E-state index contributed by atoms with van der Waals surface area (Å²) in [6, 6.07) is -0.558. The molecule has 1 unspecified atom stereocenters. The van der Waals surface area contributed by atoms with Crippen molar-refractivity contribution in [2.24, 2.45) is 5.11 Å². The molecule has 0 aromatic carbocycles. The van der Waals surface area contributed by atoms with Crippen LogP contribution in [0.1, 0.15) is 47.0 Å². The van der Waals surface area contributed by atoms with E-state index in [1.54, 1.807) is 13.8 Å². The van der Waals surface area contributed by atoms with Crippen LogP contribution in [0.25, 0.3) is 0 Å². The number of hydroxylamine groups is 1.